The maximum absolute atomic E-state index is 11.7. The van der Waals surface area contributed by atoms with Gasteiger partial charge in [0.2, 0.25) is 11.6 Å². The van der Waals surface area contributed by atoms with Crippen molar-refractivity contribution in [2.24, 2.45) is 5.84 Å². The number of rotatable bonds is 5. The van der Waals surface area contributed by atoms with Crippen LogP contribution in [0, 0.1) is 10.1 Å². The lowest BCUT2D eigenvalue weighted by atomic mass is 10.2. The van der Waals surface area contributed by atoms with Crippen molar-refractivity contribution in [1.29, 1.82) is 0 Å². The SMILES string of the molecule is NNc1ncnc(NCC2CCCS2(=O)=O)c1[N+](=O)[O-]. The van der Waals surface area contributed by atoms with Crippen molar-refractivity contribution in [2.45, 2.75) is 18.1 Å². The number of nitrogen functional groups attached to an aromatic ring is 1. The molecule has 2 heterocycles. The standard InChI is InChI=1S/C9H14N6O4S/c10-14-9-7(15(16)17)8(12-5-13-9)11-4-6-2-1-3-20(6,18)19/h5-6H,1-4,10H2,(H2,11,12,13,14). The van der Waals surface area contributed by atoms with E-state index in [0.717, 1.165) is 6.33 Å². The fraction of sp³-hybridized carbons (Fsp3) is 0.556. The molecular weight excluding hydrogens is 288 g/mol. The molecule has 0 saturated carbocycles. The first kappa shape index (κ1) is 14.4. The Morgan fingerprint density at radius 2 is 2.15 bits per heavy atom. The number of hydrogen-bond donors (Lipinski definition) is 3. The van der Waals surface area contributed by atoms with Crippen LogP contribution >= 0.6 is 0 Å². The van der Waals surface area contributed by atoms with E-state index in [1.165, 1.54) is 0 Å². The Bertz CT molecular complexity index is 619. The zero-order valence-corrected chi connectivity index (χ0v) is 11.3. The van der Waals surface area contributed by atoms with Crippen molar-refractivity contribution in [3.8, 4) is 0 Å². The summed E-state index contributed by atoms with van der Waals surface area (Å²) in [4.78, 5) is 17.7. The summed E-state index contributed by atoms with van der Waals surface area (Å²) in [6.07, 6.45) is 2.25. The summed E-state index contributed by atoms with van der Waals surface area (Å²) >= 11 is 0. The third-order valence-electron chi connectivity index (χ3n) is 3.10. The van der Waals surface area contributed by atoms with Gasteiger partial charge >= 0.3 is 5.69 Å². The molecule has 0 aromatic carbocycles. The minimum absolute atomic E-state index is 0.0555. The summed E-state index contributed by atoms with van der Waals surface area (Å²) in [5.74, 6) is 5.11. The number of nitro groups is 1. The van der Waals surface area contributed by atoms with Crippen molar-refractivity contribution in [1.82, 2.24) is 9.97 Å². The summed E-state index contributed by atoms with van der Waals surface area (Å²) in [5.41, 5.74) is 1.70. The highest BCUT2D eigenvalue weighted by molar-refractivity contribution is 7.92. The highest BCUT2D eigenvalue weighted by atomic mass is 32.2. The van der Waals surface area contributed by atoms with Crippen LogP contribution in [0.25, 0.3) is 0 Å². The van der Waals surface area contributed by atoms with Gasteiger partial charge < -0.3 is 10.7 Å². The Labute approximate surface area is 114 Å². The van der Waals surface area contributed by atoms with Crippen molar-refractivity contribution in [2.75, 3.05) is 23.0 Å². The molecule has 0 radical (unpaired) electrons. The molecule has 110 valence electrons. The van der Waals surface area contributed by atoms with E-state index in [4.69, 9.17) is 5.84 Å². The summed E-state index contributed by atoms with van der Waals surface area (Å²) in [7, 11) is -3.12. The molecule has 1 aromatic rings. The molecule has 1 saturated heterocycles. The van der Waals surface area contributed by atoms with Gasteiger partial charge in [-0.25, -0.2) is 24.2 Å². The molecule has 4 N–H and O–H groups in total. The maximum Gasteiger partial charge on any atom is 0.354 e. The van der Waals surface area contributed by atoms with Crippen molar-refractivity contribution in [3.05, 3.63) is 16.4 Å². The fourth-order valence-electron chi connectivity index (χ4n) is 2.08. The molecule has 20 heavy (non-hydrogen) atoms. The van der Waals surface area contributed by atoms with Gasteiger partial charge in [0, 0.05) is 6.54 Å². The van der Waals surface area contributed by atoms with Crippen LogP contribution in [0.5, 0.6) is 0 Å². The Hall–Kier alpha value is -2.01. The number of aromatic nitrogens is 2. The van der Waals surface area contributed by atoms with Gasteiger partial charge in [0.25, 0.3) is 0 Å². The third-order valence-corrected chi connectivity index (χ3v) is 5.38. The molecule has 2 rings (SSSR count). The Kier molecular flexibility index (Phi) is 3.99. The quantitative estimate of drug-likeness (QED) is 0.376. The van der Waals surface area contributed by atoms with E-state index in [1.54, 1.807) is 0 Å². The van der Waals surface area contributed by atoms with E-state index in [-0.39, 0.29) is 23.9 Å². The van der Waals surface area contributed by atoms with Crippen LogP contribution in [0.3, 0.4) is 0 Å². The number of nitrogens with two attached hydrogens (primary N) is 1. The number of nitrogens with one attached hydrogen (secondary N) is 2. The summed E-state index contributed by atoms with van der Waals surface area (Å²) in [6.45, 7) is 0.0736. The van der Waals surface area contributed by atoms with Gasteiger partial charge in [-0.15, -0.1) is 0 Å². The van der Waals surface area contributed by atoms with Crippen LogP contribution in [-0.2, 0) is 9.84 Å². The number of nitrogens with zero attached hydrogens (tertiary/aromatic N) is 3. The first-order chi connectivity index (χ1) is 9.45. The van der Waals surface area contributed by atoms with E-state index < -0.39 is 25.7 Å². The Balaban J connectivity index is 2.20. The van der Waals surface area contributed by atoms with E-state index in [9.17, 15) is 18.5 Å². The number of hydrazine groups is 1. The maximum atomic E-state index is 11.7. The smallest absolute Gasteiger partial charge is 0.354 e. The van der Waals surface area contributed by atoms with E-state index >= 15 is 0 Å². The number of anilines is 2. The van der Waals surface area contributed by atoms with Crippen molar-refractivity contribution in [3.63, 3.8) is 0 Å². The van der Waals surface area contributed by atoms with Crippen LogP contribution < -0.4 is 16.6 Å². The molecule has 1 aromatic heterocycles. The molecule has 1 aliphatic heterocycles. The van der Waals surface area contributed by atoms with Crippen molar-refractivity contribution >= 4 is 27.2 Å². The topological polar surface area (TPSA) is 153 Å². The van der Waals surface area contributed by atoms with Crippen LogP contribution in [0.4, 0.5) is 17.3 Å². The summed E-state index contributed by atoms with van der Waals surface area (Å²) < 4.78 is 23.4. The van der Waals surface area contributed by atoms with E-state index in [0.29, 0.717) is 12.8 Å². The molecule has 0 aliphatic carbocycles. The molecule has 1 unspecified atom stereocenters. The molecule has 1 atom stereocenters. The summed E-state index contributed by atoms with van der Waals surface area (Å²) in [6, 6.07) is 0. The van der Waals surface area contributed by atoms with Crippen LogP contribution in [0.15, 0.2) is 6.33 Å². The van der Waals surface area contributed by atoms with Crippen LogP contribution in [0.1, 0.15) is 12.8 Å². The molecule has 11 heteroatoms. The molecule has 10 nitrogen and oxygen atoms in total. The second kappa shape index (κ2) is 5.54. The van der Waals surface area contributed by atoms with Crippen LogP contribution in [0.2, 0.25) is 0 Å². The normalized spacial score (nSPS) is 20.6. The summed E-state index contributed by atoms with van der Waals surface area (Å²) in [5, 5.41) is 13.1. The largest absolute Gasteiger partial charge is 0.363 e. The number of hydrogen-bond acceptors (Lipinski definition) is 9. The molecule has 1 fully saturated rings. The molecule has 0 amide bonds. The van der Waals surface area contributed by atoms with Gasteiger partial charge in [0.1, 0.15) is 6.33 Å². The first-order valence-electron chi connectivity index (χ1n) is 5.87. The van der Waals surface area contributed by atoms with Gasteiger partial charge in [-0.2, -0.15) is 0 Å². The van der Waals surface area contributed by atoms with E-state index in [1.807, 2.05) is 0 Å². The lowest BCUT2D eigenvalue weighted by molar-refractivity contribution is -0.383. The van der Waals surface area contributed by atoms with Crippen molar-refractivity contribution < 1.29 is 13.3 Å². The molecule has 0 bridgehead atoms. The Morgan fingerprint density at radius 3 is 2.70 bits per heavy atom. The molecule has 1 aliphatic rings. The van der Waals surface area contributed by atoms with Gasteiger partial charge in [-0.3, -0.25) is 10.1 Å². The monoisotopic (exact) mass is 302 g/mol. The predicted octanol–water partition coefficient (Wildman–Crippen LogP) is -0.341. The fourth-order valence-corrected chi connectivity index (χ4v) is 3.85. The second-order valence-electron chi connectivity index (χ2n) is 4.33. The Morgan fingerprint density at radius 1 is 1.45 bits per heavy atom. The highest BCUT2D eigenvalue weighted by Gasteiger charge is 2.32. The average molecular weight is 302 g/mol. The average Bonchev–Trinajstić information content (AvgIpc) is 2.74. The lowest BCUT2D eigenvalue weighted by Crippen LogP contribution is -2.26. The highest BCUT2D eigenvalue weighted by Crippen LogP contribution is 2.29. The van der Waals surface area contributed by atoms with Gasteiger partial charge in [-0.1, -0.05) is 0 Å². The zero-order valence-electron chi connectivity index (χ0n) is 10.4. The van der Waals surface area contributed by atoms with Crippen LogP contribution in [-0.4, -0.2) is 40.9 Å². The van der Waals surface area contributed by atoms with E-state index in [2.05, 4.69) is 20.7 Å². The molecule has 0 spiro atoms. The van der Waals surface area contributed by atoms with Gasteiger partial charge in [-0.05, 0) is 12.8 Å². The molecular formula is C9H14N6O4S. The first-order valence-corrected chi connectivity index (χ1v) is 7.58. The van der Waals surface area contributed by atoms with Gasteiger partial charge in [0.05, 0.1) is 15.9 Å². The minimum atomic E-state index is -3.12. The zero-order chi connectivity index (χ0) is 14.8. The number of sulfone groups is 1. The minimum Gasteiger partial charge on any atom is -0.363 e. The lowest BCUT2D eigenvalue weighted by Gasteiger charge is -2.12. The third kappa shape index (κ3) is 2.77. The second-order valence-corrected chi connectivity index (χ2v) is 6.73. The predicted molar refractivity (Wildman–Crippen MR) is 71.8 cm³/mol. The van der Waals surface area contributed by atoms with Gasteiger partial charge in [0.15, 0.2) is 9.84 Å².